The Balaban J connectivity index is 1.91. The lowest BCUT2D eigenvalue weighted by molar-refractivity contribution is 0.0722. The lowest BCUT2D eigenvalue weighted by atomic mass is 9.97. The summed E-state index contributed by atoms with van der Waals surface area (Å²) in [6.45, 7) is 1.41. The van der Waals surface area contributed by atoms with Gasteiger partial charge in [0.05, 0.1) is 5.75 Å². The molecule has 6 heteroatoms. The van der Waals surface area contributed by atoms with E-state index in [4.69, 9.17) is 4.74 Å². The van der Waals surface area contributed by atoms with Crippen LogP contribution in [0.15, 0.2) is 0 Å². The molecule has 20 heavy (non-hydrogen) atoms. The standard InChI is InChI=1S/C14H27NO4S/c16-10-13-4-2-1-3-5-14(13)15-20(17,18)11-12-6-8-19-9-7-12/h12-16H,1-11H2/t13-,14+/m1/s1. The van der Waals surface area contributed by atoms with Gasteiger partial charge in [-0.1, -0.05) is 19.3 Å². The van der Waals surface area contributed by atoms with Crippen molar-refractivity contribution in [2.24, 2.45) is 11.8 Å². The number of aliphatic hydroxyl groups is 1. The summed E-state index contributed by atoms with van der Waals surface area (Å²) in [5, 5.41) is 9.45. The maximum Gasteiger partial charge on any atom is 0.212 e. The molecule has 0 spiro atoms. The monoisotopic (exact) mass is 305 g/mol. The van der Waals surface area contributed by atoms with Crippen molar-refractivity contribution in [2.45, 2.75) is 51.0 Å². The van der Waals surface area contributed by atoms with Crippen LogP contribution in [-0.4, -0.2) is 45.1 Å². The van der Waals surface area contributed by atoms with Gasteiger partial charge in [-0.15, -0.1) is 0 Å². The molecule has 2 aliphatic rings. The Morgan fingerprint density at radius 1 is 1.05 bits per heavy atom. The molecule has 2 atom stereocenters. The minimum Gasteiger partial charge on any atom is -0.396 e. The molecular formula is C14H27NO4S. The van der Waals surface area contributed by atoms with Crippen LogP contribution in [0.5, 0.6) is 0 Å². The van der Waals surface area contributed by atoms with Gasteiger partial charge in [-0.3, -0.25) is 0 Å². The van der Waals surface area contributed by atoms with Gasteiger partial charge in [0.25, 0.3) is 0 Å². The largest absolute Gasteiger partial charge is 0.396 e. The van der Waals surface area contributed by atoms with E-state index in [1.165, 1.54) is 0 Å². The van der Waals surface area contributed by atoms with Crippen molar-refractivity contribution in [3.63, 3.8) is 0 Å². The van der Waals surface area contributed by atoms with Crippen LogP contribution >= 0.6 is 0 Å². The van der Waals surface area contributed by atoms with E-state index in [1.807, 2.05) is 0 Å². The van der Waals surface area contributed by atoms with E-state index in [-0.39, 0.29) is 30.2 Å². The summed E-state index contributed by atoms with van der Waals surface area (Å²) in [5.41, 5.74) is 0. The van der Waals surface area contributed by atoms with Gasteiger partial charge in [-0.25, -0.2) is 13.1 Å². The van der Waals surface area contributed by atoms with Crippen molar-refractivity contribution in [3.05, 3.63) is 0 Å². The Hall–Kier alpha value is -0.170. The number of ether oxygens (including phenoxy) is 1. The van der Waals surface area contributed by atoms with Crippen molar-refractivity contribution >= 4 is 10.0 Å². The summed E-state index contributed by atoms with van der Waals surface area (Å²) >= 11 is 0. The molecule has 0 aromatic carbocycles. The fourth-order valence-corrected chi connectivity index (χ4v) is 5.08. The fourth-order valence-electron chi connectivity index (χ4n) is 3.26. The van der Waals surface area contributed by atoms with E-state index in [0.717, 1.165) is 44.9 Å². The second-order valence-corrected chi connectivity index (χ2v) is 7.94. The highest BCUT2D eigenvalue weighted by molar-refractivity contribution is 7.89. The molecule has 0 bridgehead atoms. The zero-order valence-corrected chi connectivity index (χ0v) is 12.9. The van der Waals surface area contributed by atoms with Gasteiger partial charge in [0.15, 0.2) is 0 Å². The molecule has 5 nitrogen and oxygen atoms in total. The minimum atomic E-state index is -3.26. The number of sulfonamides is 1. The molecule has 1 saturated heterocycles. The third kappa shape index (κ3) is 4.98. The van der Waals surface area contributed by atoms with Gasteiger partial charge < -0.3 is 9.84 Å². The van der Waals surface area contributed by atoms with Crippen LogP contribution in [0.2, 0.25) is 0 Å². The molecular weight excluding hydrogens is 278 g/mol. The molecule has 0 radical (unpaired) electrons. The average molecular weight is 305 g/mol. The third-order valence-electron chi connectivity index (χ3n) is 4.52. The van der Waals surface area contributed by atoms with Gasteiger partial charge >= 0.3 is 0 Å². The lowest BCUT2D eigenvalue weighted by Gasteiger charge is -2.27. The van der Waals surface area contributed by atoms with Gasteiger partial charge in [0.2, 0.25) is 10.0 Å². The van der Waals surface area contributed by atoms with Crippen LogP contribution in [0, 0.1) is 11.8 Å². The minimum absolute atomic E-state index is 0.0713. The van der Waals surface area contributed by atoms with E-state index in [1.54, 1.807) is 0 Å². The Labute approximate surface area is 122 Å². The summed E-state index contributed by atoms with van der Waals surface area (Å²) in [6.07, 6.45) is 6.68. The fraction of sp³-hybridized carbons (Fsp3) is 1.00. The predicted octanol–water partition coefficient (Wildman–Crippen LogP) is 1.27. The number of hydrogen-bond donors (Lipinski definition) is 2. The molecule has 0 aromatic rings. The van der Waals surface area contributed by atoms with Crippen molar-refractivity contribution in [3.8, 4) is 0 Å². The SMILES string of the molecule is O=S(=O)(CC1CCOCC1)N[C@H]1CCCCC[C@@H]1CO. The molecule has 0 aromatic heterocycles. The third-order valence-corrected chi connectivity index (χ3v) is 6.09. The molecule has 2 N–H and O–H groups in total. The second kappa shape index (κ2) is 7.73. The lowest BCUT2D eigenvalue weighted by Crippen LogP contribution is -2.43. The number of aliphatic hydroxyl groups excluding tert-OH is 1. The first-order valence-electron chi connectivity index (χ1n) is 7.79. The molecule has 118 valence electrons. The topological polar surface area (TPSA) is 75.6 Å². The Morgan fingerprint density at radius 2 is 1.75 bits per heavy atom. The molecule has 2 fully saturated rings. The Kier molecular flexibility index (Phi) is 6.26. The predicted molar refractivity (Wildman–Crippen MR) is 77.9 cm³/mol. The molecule has 1 heterocycles. The van der Waals surface area contributed by atoms with E-state index >= 15 is 0 Å². The summed E-state index contributed by atoms with van der Waals surface area (Å²) in [4.78, 5) is 0. The van der Waals surface area contributed by atoms with Crippen molar-refractivity contribution < 1.29 is 18.3 Å². The zero-order valence-electron chi connectivity index (χ0n) is 12.1. The van der Waals surface area contributed by atoms with Crippen molar-refractivity contribution in [2.75, 3.05) is 25.6 Å². The number of hydrogen-bond acceptors (Lipinski definition) is 4. The number of nitrogens with one attached hydrogen (secondary N) is 1. The molecule has 1 aliphatic heterocycles. The normalized spacial score (nSPS) is 30.1. The molecule has 1 aliphatic carbocycles. The van der Waals surface area contributed by atoms with E-state index in [2.05, 4.69) is 4.72 Å². The van der Waals surface area contributed by atoms with Crippen molar-refractivity contribution in [1.82, 2.24) is 4.72 Å². The van der Waals surface area contributed by atoms with E-state index < -0.39 is 10.0 Å². The van der Waals surface area contributed by atoms with Gasteiger partial charge in [-0.2, -0.15) is 0 Å². The summed E-state index contributed by atoms with van der Waals surface area (Å²) in [7, 11) is -3.26. The van der Waals surface area contributed by atoms with Crippen LogP contribution in [0.25, 0.3) is 0 Å². The van der Waals surface area contributed by atoms with Gasteiger partial charge in [0, 0.05) is 25.9 Å². The summed E-state index contributed by atoms with van der Waals surface area (Å²) in [5.74, 6) is 0.479. The first-order chi connectivity index (χ1) is 9.61. The van der Waals surface area contributed by atoms with E-state index in [9.17, 15) is 13.5 Å². The second-order valence-electron chi connectivity index (χ2n) is 6.14. The smallest absolute Gasteiger partial charge is 0.212 e. The maximum atomic E-state index is 12.3. The molecule has 0 amide bonds. The van der Waals surface area contributed by atoms with Gasteiger partial charge in [0.1, 0.15) is 0 Å². The first-order valence-corrected chi connectivity index (χ1v) is 9.44. The van der Waals surface area contributed by atoms with Gasteiger partial charge in [-0.05, 0) is 37.5 Å². The first kappa shape index (κ1) is 16.2. The van der Waals surface area contributed by atoms with Crippen LogP contribution < -0.4 is 4.72 Å². The molecule has 1 saturated carbocycles. The van der Waals surface area contributed by atoms with E-state index in [0.29, 0.717) is 13.2 Å². The zero-order chi connectivity index (χ0) is 14.4. The Morgan fingerprint density at radius 3 is 2.45 bits per heavy atom. The summed E-state index contributed by atoms with van der Waals surface area (Å²) < 4.78 is 32.7. The molecule has 2 rings (SSSR count). The highest BCUT2D eigenvalue weighted by Crippen LogP contribution is 2.24. The van der Waals surface area contributed by atoms with Crippen LogP contribution in [-0.2, 0) is 14.8 Å². The van der Waals surface area contributed by atoms with Crippen LogP contribution in [0.3, 0.4) is 0 Å². The van der Waals surface area contributed by atoms with Crippen LogP contribution in [0.4, 0.5) is 0 Å². The van der Waals surface area contributed by atoms with Crippen molar-refractivity contribution in [1.29, 1.82) is 0 Å². The highest BCUT2D eigenvalue weighted by atomic mass is 32.2. The Bertz CT molecular complexity index is 379. The van der Waals surface area contributed by atoms with Crippen LogP contribution in [0.1, 0.15) is 44.9 Å². The molecule has 0 unspecified atom stereocenters. The average Bonchev–Trinajstić information content (AvgIpc) is 2.63. The highest BCUT2D eigenvalue weighted by Gasteiger charge is 2.29. The quantitative estimate of drug-likeness (QED) is 0.750. The number of rotatable bonds is 5. The maximum absolute atomic E-state index is 12.3. The summed E-state index contributed by atoms with van der Waals surface area (Å²) in [6, 6.07) is -0.0904.